The van der Waals surface area contributed by atoms with E-state index in [1.807, 2.05) is 0 Å². The number of ether oxygens (including phenoxy) is 2. The third kappa shape index (κ3) is 1.88. The number of rotatable bonds is 4. The molecule has 2 rings (SSSR count). The second kappa shape index (κ2) is 4.79. The van der Waals surface area contributed by atoms with Crippen molar-refractivity contribution in [2.45, 2.75) is 0 Å². The maximum absolute atomic E-state index is 10.9. The number of hydrogen-bond donors (Lipinski definition) is 1. The van der Waals surface area contributed by atoms with Crippen molar-refractivity contribution >= 4 is 12.2 Å². The van der Waals surface area contributed by atoms with E-state index in [1.54, 1.807) is 12.1 Å². The molecule has 6 nitrogen and oxygen atoms in total. The number of methoxy groups -OCH3 is 2. The Balaban J connectivity index is 2.71. The summed E-state index contributed by atoms with van der Waals surface area (Å²) in [5.74, 6) is 1.06. The molecule has 2 aromatic rings. The number of carbonyl (C=O) groups excluding carboxylic acids is 1. The fourth-order valence-electron chi connectivity index (χ4n) is 1.70. The van der Waals surface area contributed by atoms with Crippen LogP contribution in [0.1, 0.15) is 10.4 Å². The van der Waals surface area contributed by atoms with Crippen molar-refractivity contribution in [2.24, 2.45) is 0 Å². The van der Waals surface area contributed by atoms with Crippen molar-refractivity contribution < 1.29 is 18.8 Å². The fraction of sp³-hybridized carbons (Fsp3) is 0.167. The van der Waals surface area contributed by atoms with E-state index in [0.29, 0.717) is 28.2 Å². The molecule has 0 atom stereocenters. The summed E-state index contributed by atoms with van der Waals surface area (Å²) in [6.45, 7) is 0. The molecule has 0 saturated heterocycles. The monoisotopic (exact) mass is 248 g/mol. The Kier molecular flexibility index (Phi) is 3.18. The number of carbonyl (C=O) groups is 1. The van der Waals surface area contributed by atoms with E-state index >= 15 is 0 Å². The minimum Gasteiger partial charge on any atom is -0.493 e. The van der Waals surface area contributed by atoms with Crippen LogP contribution in [0, 0.1) is 0 Å². The molecular weight excluding hydrogens is 236 g/mol. The molecule has 0 spiro atoms. The van der Waals surface area contributed by atoms with Crippen molar-refractivity contribution in [3.05, 3.63) is 23.9 Å². The number of hydrogen-bond acceptors (Lipinski definition) is 6. The molecule has 6 heteroatoms. The van der Waals surface area contributed by atoms with Gasteiger partial charge in [0.25, 0.3) is 0 Å². The summed E-state index contributed by atoms with van der Waals surface area (Å²) in [6, 6.07) is 3.22. The van der Waals surface area contributed by atoms with E-state index in [2.05, 4.69) is 5.16 Å². The van der Waals surface area contributed by atoms with Gasteiger partial charge in [0.15, 0.2) is 11.5 Å². The van der Waals surface area contributed by atoms with Crippen molar-refractivity contribution in [3.8, 4) is 22.6 Å². The Morgan fingerprint density at radius 1 is 1.28 bits per heavy atom. The third-order valence-corrected chi connectivity index (χ3v) is 2.53. The first-order valence-corrected chi connectivity index (χ1v) is 5.13. The van der Waals surface area contributed by atoms with Gasteiger partial charge in [-0.25, -0.2) is 0 Å². The molecule has 0 bridgehead atoms. The summed E-state index contributed by atoms with van der Waals surface area (Å²) in [6.07, 6.45) is 2.18. The van der Waals surface area contributed by atoms with Crippen LogP contribution in [0.5, 0.6) is 11.5 Å². The molecule has 0 amide bonds. The van der Waals surface area contributed by atoms with Gasteiger partial charge in [-0.2, -0.15) is 0 Å². The smallest absolute Gasteiger partial charge is 0.230 e. The second-order valence-electron chi connectivity index (χ2n) is 3.53. The van der Waals surface area contributed by atoms with Crippen LogP contribution in [0.25, 0.3) is 11.1 Å². The van der Waals surface area contributed by atoms with Crippen LogP contribution < -0.4 is 15.2 Å². The number of nitrogen functional groups attached to an aromatic ring is 1. The van der Waals surface area contributed by atoms with Crippen LogP contribution in [0.15, 0.2) is 22.9 Å². The second-order valence-corrected chi connectivity index (χ2v) is 3.53. The maximum Gasteiger partial charge on any atom is 0.230 e. The van der Waals surface area contributed by atoms with Crippen LogP contribution in [-0.2, 0) is 0 Å². The van der Waals surface area contributed by atoms with Crippen LogP contribution in [0.4, 0.5) is 5.88 Å². The molecule has 0 aliphatic carbocycles. The van der Waals surface area contributed by atoms with Crippen molar-refractivity contribution in [3.63, 3.8) is 0 Å². The first kappa shape index (κ1) is 12.0. The summed E-state index contributed by atoms with van der Waals surface area (Å²) in [4.78, 5) is 10.9. The Morgan fingerprint density at radius 2 is 2.06 bits per heavy atom. The molecule has 1 heterocycles. The van der Waals surface area contributed by atoms with Gasteiger partial charge < -0.3 is 19.7 Å². The molecule has 0 radical (unpaired) electrons. The number of benzene rings is 1. The zero-order valence-corrected chi connectivity index (χ0v) is 9.97. The zero-order valence-electron chi connectivity index (χ0n) is 9.97. The average molecular weight is 248 g/mol. The van der Waals surface area contributed by atoms with Crippen LogP contribution in [-0.4, -0.2) is 25.7 Å². The standard InChI is InChI=1S/C12H12N2O4/c1-16-10-4-7(6-15)3-8(11(10)17-2)9-5-14-18-12(9)13/h3-6H,13H2,1-2H3. The van der Waals surface area contributed by atoms with E-state index in [0.717, 1.165) is 6.29 Å². The number of nitrogens with zero attached hydrogens (tertiary/aromatic N) is 1. The van der Waals surface area contributed by atoms with Crippen molar-refractivity contribution in [1.29, 1.82) is 0 Å². The fourth-order valence-corrected chi connectivity index (χ4v) is 1.70. The zero-order chi connectivity index (χ0) is 13.1. The van der Waals surface area contributed by atoms with Gasteiger partial charge in [-0.3, -0.25) is 4.79 Å². The maximum atomic E-state index is 10.9. The number of nitrogens with two attached hydrogens (primary N) is 1. The Morgan fingerprint density at radius 3 is 2.56 bits per heavy atom. The lowest BCUT2D eigenvalue weighted by Crippen LogP contribution is -1.96. The average Bonchev–Trinajstić information content (AvgIpc) is 2.83. The quantitative estimate of drug-likeness (QED) is 0.829. The number of aromatic nitrogens is 1. The number of aldehydes is 1. The molecule has 1 aromatic heterocycles. The van der Waals surface area contributed by atoms with Gasteiger partial charge in [-0.15, -0.1) is 0 Å². The Hall–Kier alpha value is -2.50. The Labute approximate surface area is 103 Å². The predicted molar refractivity (Wildman–Crippen MR) is 64.8 cm³/mol. The normalized spacial score (nSPS) is 10.1. The van der Waals surface area contributed by atoms with Crippen LogP contribution >= 0.6 is 0 Å². The molecule has 2 N–H and O–H groups in total. The highest BCUT2D eigenvalue weighted by atomic mass is 16.5. The lowest BCUT2D eigenvalue weighted by atomic mass is 10.0. The lowest BCUT2D eigenvalue weighted by molar-refractivity contribution is 0.112. The van der Waals surface area contributed by atoms with E-state index < -0.39 is 0 Å². The summed E-state index contributed by atoms with van der Waals surface area (Å²) in [5, 5.41) is 3.60. The van der Waals surface area contributed by atoms with Gasteiger partial charge in [0.05, 0.1) is 26.0 Å². The summed E-state index contributed by atoms with van der Waals surface area (Å²) < 4.78 is 15.3. The minimum atomic E-state index is 0.151. The molecule has 0 aliphatic rings. The van der Waals surface area contributed by atoms with E-state index in [1.165, 1.54) is 20.4 Å². The molecule has 18 heavy (non-hydrogen) atoms. The van der Waals surface area contributed by atoms with Gasteiger partial charge in [0.2, 0.25) is 5.88 Å². The predicted octanol–water partition coefficient (Wildman–Crippen LogP) is 1.75. The topological polar surface area (TPSA) is 87.6 Å². The summed E-state index contributed by atoms with van der Waals surface area (Å²) in [5.41, 5.74) is 7.26. The van der Waals surface area contributed by atoms with Crippen LogP contribution in [0.3, 0.4) is 0 Å². The first-order chi connectivity index (χ1) is 8.71. The van der Waals surface area contributed by atoms with E-state index in [4.69, 9.17) is 19.7 Å². The summed E-state index contributed by atoms with van der Waals surface area (Å²) in [7, 11) is 3.00. The van der Waals surface area contributed by atoms with Gasteiger partial charge >= 0.3 is 0 Å². The highest BCUT2D eigenvalue weighted by Crippen LogP contribution is 2.40. The minimum absolute atomic E-state index is 0.151. The molecule has 0 saturated carbocycles. The molecule has 0 aliphatic heterocycles. The molecular formula is C12H12N2O4. The van der Waals surface area contributed by atoms with E-state index in [9.17, 15) is 4.79 Å². The largest absolute Gasteiger partial charge is 0.493 e. The van der Waals surface area contributed by atoms with Crippen molar-refractivity contribution in [2.75, 3.05) is 20.0 Å². The number of anilines is 1. The Bertz CT molecular complexity index is 577. The molecule has 0 unspecified atom stereocenters. The van der Waals surface area contributed by atoms with Gasteiger partial charge in [-0.1, -0.05) is 5.16 Å². The SMILES string of the molecule is COc1cc(C=O)cc(-c2cnoc2N)c1OC. The molecule has 0 fully saturated rings. The first-order valence-electron chi connectivity index (χ1n) is 5.13. The van der Waals surface area contributed by atoms with Crippen molar-refractivity contribution in [1.82, 2.24) is 5.16 Å². The summed E-state index contributed by atoms with van der Waals surface area (Å²) >= 11 is 0. The van der Waals surface area contributed by atoms with Gasteiger partial charge in [0.1, 0.15) is 6.29 Å². The lowest BCUT2D eigenvalue weighted by Gasteiger charge is -2.12. The van der Waals surface area contributed by atoms with Gasteiger partial charge in [-0.05, 0) is 12.1 Å². The molecule has 94 valence electrons. The highest BCUT2D eigenvalue weighted by Gasteiger charge is 2.18. The highest BCUT2D eigenvalue weighted by molar-refractivity contribution is 5.86. The van der Waals surface area contributed by atoms with E-state index in [-0.39, 0.29) is 5.88 Å². The molecule has 1 aromatic carbocycles. The third-order valence-electron chi connectivity index (χ3n) is 2.53. The van der Waals surface area contributed by atoms with Crippen LogP contribution in [0.2, 0.25) is 0 Å². The van der Waals surface area contributed by atoms with Gasteiger partial charge in [0, 0.05) is 11.1 Å².